The maximum atomic E-state index is 11.8. The van der Waals surface area contributed by atoms with Gasteiger partial charge in [0, 0.05) is 12.1 Å². The minimum Gasteiger partial charge on any atom is -0.435 e. The van der Waals surface area contributed by atoms with Crippen molar-refractivity contribution in [3.05, 3.63) is 26.7 Å². The van der Waals surface area contributed by atoms with Gasteiger partial charge in [0.1, 0.15) is 5.75 Å². The van der Waals surface area contributed by atoms with E-state index in [2.05, 4.69) is 20.7 Å². The summed E-state index contributed by atoms with van der Waals surface area (Å²) >= 11 is 14.4. The number of ether oxygens (including phenoxy) is 1. The van der Waals surface area contributed by atoms with Crippen LogP contribution in [0.25, 0.3) is 0 Å². The molecule has 0 heterocycles. The molecule has 72 valence electrons. The monoisotopic (exact) mass is 290 g/mol. The van der Waals surface area contributed by atoms with Gasteiger partial charge in [-0.05, 0) is 15.9 Å². The van der Waals surface area contributed by atoms with E-state index in [-0.39, 0.29) is 15.8 Å². The average molecular weight is 292 g/mol. The van der Waals surface area contributed by atoms with E-state index in [1.807, 2.05) is 0 Å². The number of rotatable bonds is 2. The van der Waals surface area contributed by atoms with E-state index in [1.54, 1.807) is 0 Å². The highest BCUT2D eigenvalue weighted by atomic mass is 79.9. The van der Waals surface area contributed by atoms with Crippen molar-refractivity contribution in [3.63, 3.8) is 0 Å². The molecule has 0 saturated heterocycles. The topological polar surface area (TPSA) is 9.23 Å². The van der Waals surface area contributed by atoms with Gasteiger partial charge in [0.2, 0.25) is 0 Å². The van der Waals surface area contributed by atoms with Crippen molar-refractivity contribution < 1.29 is 13.5 Å². The van der Waals surface area contributed by atoms with Crippen LogP contribution >= 0.6 is 39.1 Å². The van der Waals surface area contributed by atoms with Gasteiger partial charge >= 0.3 is 6.61 Å². The van der Waals surface area contributed by atoms with E-state index >= 15 is 0 Å². The summed E-state index contributed by atoms with van der Waals surface area (Å²) in [6.45, 7) is -2.88. The van der Waals surface area contributed by atoms with E-state index < -0.39 is 6.61 Å². The van der Waals surface area contributed by atoms with Crippen LogP contribution in [0, 0.1) is 0 Å². The van der Waals surface area contributed by atoms with Crippen molar-refractivity contribution in [1.29, 1.82) is 0 Å². The van der Waals surface area contributed by atoms with Crippen LogP contribution in [0.4, 0.5) is 8.78 Å². The second kappa shape index (κ2) is 4.44. The van der Waals surface area contributed by atoms with Crippen molar-refractivity contribution in [2.45, 2.75) is 6.61 Å². The summed E-state index contributed by atoms with van der Waals surface area (Å²) in [6.07, 6.45) is 0. The van der Waals surface area contributed by atoms with Gasteiger partial charge in [-0.2, -0.15) is 8.78 Å². The lowest BCUT2D eigenvalue weighted by atomic mass is 10.3. The zero-order chi connectivity index (χ0) is 10.0. The average Bonchev–Trinajstić information content (AvgIpc) is 1.98. The molecule has 0 radical (unpaired) electrons. The molecule has 1 rings (SSSR count). The Bertz CT molecular complexity index is 296. The quantitative estimate of drug-likeness (QED) is 0.736. The molecule has 0 spiro atoms. The number of hydrogen-bond acceptors (Lipinski definition) is 1. The standard InChI is InChI=1S/C7H3BrCl2F2O/c8-6-4(9)1-3(2-5(6)10)13-7(11)12/h1-2,7H. The van der Waals surface area contributed by atoms with E-state index in [0.717, 1.165) is 0 Å². The minimum atomic E-state index is -2.88. The molecule has 1 aromatic carbocycles. The first-order valence-electron chi connectivity index (χ1n) is 3.10. The molecule has 0 aliphatic carbocycles. The smallest absolute Gasteiger partial charge is 0.387 e. The number of hydrogen-bond donors (Lipinski definition) is 0. The first-order chi connectivity index (χ1) is 6.00. The highest BCUT2D eigenvalue weighted by molar-refractivity contribution is 9.10. The fourth-order valence-corrected chi connectivity index (χ4v) is 1.40. The Labute approximate surface area is 91.7 Å². The number of halogens is 5. The van der Waals surface area contributed by atoms with Crippen LogP contribution < -0.4 is 4.74 Å². The third kappa shape index (κ3) is 2.97. The Morgan fingerprint density at radius 1 is 1.23 bits per heavy atom. The van der Waals surface area contributed by atoms with Crippen molar-refractivity contribution in [1.82, 2.24) is 0 Å². The van der Waals surface area contributed by atoms with Crippen LogP contribution in [0.1, 0.15) is 0 Å². The van der Waals surface area contributed by atoms with Gasteiger partial charge in [-0.25, -0.2) is 0 Å². The molecular formula is C7H3BrCl2F2O. The van der Waals surface area contributed by atoms with Crippen molar-refractivity contribution in [2.24, 2.45) is 0 Å². The van der Waals surface area contributed by atoms with E-state index in [0.29, 0.717) is 4.47 Å². The summed E-state index contributed by atoms with van der Waals surface area (Å²) in [5.74, 6) is -0.0619. The Morgan fingerprint density at radius 3 is 2.08 bits per heavy atom. The summed E-state index contributed by atoms with van der Waals surface area (Å²) in [4.78, 5) is 0. The molecular weight excluding hydrogens is 289 g/mol. The van der Waals surface area contributed by atoms with Crippen LogP contribution in [-0.4, -0.2) is 6.61 Å². The maximum Gasteiger partial charge on any atom is 0.387 e. The molecule has 0 amide bonds. The zero-order valence-corrected chi connectivity index (χ0v) is 9.13. The van der Waals surface area contributed by atoms with Crippen LogP contribution in [0.3, 0.4) is 0 Å². The third-order valence-corrected chi connectivity index (χ3v) is 3.09. The van der Waals surface area contributed by atoms with Crippen LogP contribution in [-0.2, 0) is 0 Å². The first kappa shape index (κ1) is 11.0. The molecule has 0 aliphatic heterocycles. The maximum absolute atomic E-state index is 11.8. The van der Waals surface area contributed by atoms with Gasteiger partial charge in [0.05, 0.1) is 14.5 Å². The van der Waals surface area contributed by atoms with Crippen molar-refractivity contribution in [2.75, 3.05) is 0 Å². The molecule has 13 heavy (non-hydrogen) atoms. The second-order valence-corrected chi connectivity index (χ2v) is 3.69. The lowest BCUT2D eigenvalue weighted by Crippen LogP contribution is -2.01. The highest BCUT2D eigenvalue weighted by Crippen LogP contribution is 2.34. The molecule has 0 N–H and O–H groups in total. The van der Waals surface area contributed by atoms with Gasteiger partial charge in [0.25, 0.3) is 0 Å². The molecule has 1 aromatic rings. The van der Waals surface area contributed by atoms with Crippen molar-refractivity contribution >= 4 is 39.1 Å². The molecule has 0 aliphatic rings. The van der Waals surface area contributed by atoms with Crippen molar-refractivity contribution in [3.8, 4) is 5.75 Å². The Hall–Kier alpha value is -0.0600. The highest BCUT2D eigenvalue weighted by Gasteiger charge is 2.09. The number of alkyl halides is 2. The lowest BCUT2D eigenvalue weighted by Gasteiger charge is -2.06. The van der Waals surface area contributed by atoms with Gasteiger partial charge in [-0.15, -0.1) is 0 Å². The second-order valence-electron chi connectivity index (χ2n) is 2.08. The summed E-state index contributed by atoms with van der Waals surface area (Å²) in [5.41, 5.74) is 0. The van der Waals surface area contributed by atoms with Gasteiger partial charge < -0.3 is 4.74 Å². The van der Waals surface area contributed by atoms with Crippen LogP contribution in [0.15, 0.2) is 16.6 Å². The Balaban J connectivity index is 2.99. The normalized spacial score (nSPS) is 10.6. The number of benzene rings is 1. The fourth-order valence-electron chi connectivity index (χ4n) is 0.703. The SMILES string of the molecule is FC(F)Oc1cc(Cl)c(Br)c(Cl)c1. The fraction of sp³-hybridized carbons (Fsp3) is 0.143. The summed E-state index contributed by atoms with van der Waals surface area (Å²) in [6, 6.07) is 2.51. The van der Waals surface area contributed by atoms with Crippen LogP contribution in [0.2, 0.25) is 10.0 Å². The van der Waals surface area contributed by atoms with E-state index in [9.17, 15) is 8.78 Å². The lowest BCUT2D eigenvalue weighted by molar-refractivity contribution is -0.0498. The summed E-state index contributed by atoms with van der Waals surface area (Å²) in [5, 5.41) is 0.450. The molecule has 1 nitrogen and oxygen atoms in total. The zero-order valence-electron chi connectivity index (χ0n) is 6.03. The van der Waals surface area contributed by atoms with Crippen LogP contribution in [0.5, 0.6) is 5.75 Å². The molecule has 0 bridgehead atoms. The summed E-state index contributed by atoms with van der Waals surface area (Å²) < 4.78 is 28.1. The molecule has 0 atom stereocenters. The molecule has 0 saturated carbocycles. The summed E-state index contributed by atoms with van der Waals surface area (Å²) in [7, 11) is 0. The molecule has 6 heteroatoms. The predicted octanol–water partition coefficient (Wildman–Crippen LogP) is 4.36. The minimum absolute atomic E-state index is 0.0619. The van der Waals surface area contributed by atoms with E-state index in [4.69, 9.17) is 23.2 Å². The predicted molar refractivity (Wildman–Crippen MR) is 50.8 cm³/mol. The molecule has 0 aromatic heterocycles. The first-order valence-corrected chi connectivity index (χ1v) is 4.65. The van der Waals surface area contributed by atoms with Gasteiger partial charge in [-0.1, -0.05) is 23.2 Å². The largest absolute Gasteiger partial charge is 0.435 e. The Kier molecular flexibility index (Phi) is 3.76. The third-order valence-electron chi connectivity index (χ3n) is 1.18. The van der Waals surface area contributed by atoms with Gasteiger partial charge in [-0.3, -0.25) is 0 Å². The molecule has 0 fully saturated rings. The molecule has 0 unspecified atom stereocenters. The Morgan fingerprint density at radius 2 is 1.69 bits per heavy atom. The van der Waals surface area contributed by atoms with E-state index in [1.165, 1.54) is 12.1 Å². The van der Waals surface area contributed by atoms with Gasteiger partial charge in [0.15, 0.2) is 0 Å².